The lowest BCUT2D eigenvalue weighted by molar-refractivity contribution is 0.567. The standard InChI is InChI=1S/2C13H14/c1-2-4-12(5-3-1)13-8-6-11(10-13)7-9-13;1-2-4-11(5-3-1)13-9-10-6-7-12(13)8-10/h1-6,8,11H,7,9-10H2;1-7,10,12-13H,8-9H2. The maximum Gasteiger partial charge on any atom is 0.0138 e. The maximum atomic E-state index is 2.44. The van der Waals surface area contributed by atoms with Gasteiger partial charge in [0.25, 0.3) is 0 Å². The zero-order chi connectivity index (χ0) is 17.4. The van der Waals surface area contributed by atoms with Gasteiger partial charge in [-0.25, -0.2) is 0 Å². The van der Waals surface area contributed by atoms with Crippen LogP contribution in [0.15, 0.2) is 85.0 Å². The molecule has 4 aliphatic rings. The van der Waals surface area contributed by atoms with E-state index in [0.29, 0.717) is 5.41 Å². The average Bonchev–Trinajstić information content (AvgIpc) is 3.51. The first-order valence-corrected chi connectivity index (χ1v) is 10.3. The largest absolute Gasteiger partial charge is 0.0851 e. The van der Waals surface area contributed by atoms with Gasteiger partial charge in [-0.15, -0.1) is 0 Å². The molecule has 0 nitrogen and oxygen atoms in total. The van der Waals surface area contributed by atoms with E-state index in [-0.39, 0.29) is 0 Å². The molecule has 0 radical (unpaired) electrons. The number of fused-ring (bicyclic) bond motifs is 4. The van der Waals surface area contributed by atoms with E-state index in [0.717, 1.165) is 23.7 Å². The van der Waals surface area contributed by atoms with Crippen LogP contribution in [0.3, 0.4) is 0 Å². The summed E-state index contributed by atoms with van der Waals surface area (Å²) in [7, 11) is 0. The summed E-state index contributed by atoms with van der Waals surface area (Å²) in [5, 5.41) is 0. The molecule has 132 valence electrons. The smallest absolute Gasteiger partial charge is 0.0138 e. The number of hydrogen-bond acceptors (Lipinski definition) is 0. The van der Waals surface area contributed by atoms with E-state index in [2.05, 4.69) is 85.0 Å². The van der Waals surface area contributed by atoms with Gasteiger partial charge in [-0.05, 0) is 66.9 Å². The minimum absolute atomic E-state index is 0.423. The molecule has 0 N–H and O–H groups in total. The summed E-state index contributed by atoms with van der Waals surface area (Å²) in [6.07, 6.45) is 16.6. The number of benzene rings is 2. The van der Waals surface area contributed by atoms with Gasteiger partial charge in [0.1, 0.15) is 0 Å². The molecule has 6 rings (SSSR count). The van der Waals surface area contributed by atoms with Crippen LogP contribution < -0.4 is 0 Å². The fourth-order valence-corrected chi connectivity index (χ4v) is 5.74. The third-order valence-electron chi connectivity index (χ3n) is 7.13. The highest BCUT2D eigenvalue weighted by molar-refractivity contribution is 5.36. The van der Waals surface area contributed by atoms with Gasteiger partial charge in [0.2, 0.25) is 0 Å². The Morgan fingerprint density at radius 1 is 0.731 bits per heavy atom. The predicted molar refractivity (Wildman–Crippen MR) is 109 cm³/mol. The van der Waals surface area contributed by atoms with Crippen LogP contribution >= 0.6 is 0 Å². The van der Waals surface area contributed by atoms with Gasteiger partial charge in [0.15, 0.2) is 0 Å². The van der Waals surface area contributed by atoms with Crippen molar-refractivity contribution in [1.29, 1.82) is 0 Å². The third kappa shape index (κ3) is 2.86. The monoisotopic (exact) mass is 340 g/mol. The highest BCUT2D eigenvalue weighted by atomic mass is 14.5. The van der Waals surface area contributed by atoms with Crippen LogP contribution in [0, 0.1) is 17.8 Å². The summed E-state index contributed by atoms with van der Waals surface area (Å²) < 4.78 is 0. The van der Waals surface area contributed by atoms with Crippen LogP contribution in [0.4, 0.5) is 0 Å². The fourth-order valence-electron chi connectivity index (χ4n) is 5.74. The number of allylic oxidation sites excluding steroid dienone is 4. The van der Waals surface area contributed by atoms with E-state index in [1.165, 1.54) is 37.7 Å². The fraction of sp³-hybridized carbons (Fsp3) is 0.385. The van der Waals surface area contributed by atoms with Crippen molar-refractivity contribution in [3.63, 3.8) is 0 Å². The zero-order valence-corrected chi connectivity index (χ0v) is 15.4. The molecule has 2 aromatic rings. The average molecular weight is 341 g/mol. The van der Waals surface area contributed by atoms with Gasteiger partial charge in [0.05, 0.1) is 0 Å². The Morgan fingerprint density at radius 2 is 1.50 bits per heavy atom. The van der Waals surface area contributed by atoms with Crippen LogP contribution in [0.25, 0.3) is 0 Å². The SMILES string of the molecule is C1=CC2(c3ccccc3)CCC1C2.C1=CC2CC1CC2c1ccccc1. The Hall–Kier alpha value is -2.08. The molecule has 0 aliphatic heterocycles. The van der Waals surface area contributed by atoms with Crippen molar-refractivity contribution in [2.45, 2.75) is 43.4 Å². The van der Waals surface area contributed by atoms with Crippen LogP contribution in [0.1, 0.15) is 49.1 Å². The number of rotatable bonds is 2. The highest BCUT2D eigenvalue weighted by Crippen LogP contribution is 2.50. The van der Waals surface area contributed by atoms with E-state index in [4.69, 9.17) is 0 Å². The van der Waals surface area contributed by atoms with Crippen molar-refractivity contribution in [2.75, 3.05) is 0 Å². The Balaban J connectivity index is 0.000000115. The van der Waals surface area contributed by atoms with Crippen molar-refractivity contribution < 1.29 is 0 Å². The topological polar surface area (TPSA) is 0 Å². The quantitative estimate of drug-likeness (QED) is 0.536. The minimum atomic E-state index is 0.423. The Morgan fingerprint density at radius 3 is 2.04 bits per heavy atom. The zero-order valence-electron chi connectivity index (χ0n) is 15.4. The summed E-state index contributed by atoms with van der Waals surface area (Å²) in [5.74, 6) is 3.42. The van der Waals surface area contributed by atoms with Crippen molar-refractivity contribution in [3.8, 4) is 0 Å². The van der Waals surface area contributed by atoms with Crippen LogP contribution in [0.2, 0.25) is 0 Å². The van der Waals surface area contributed by atoms with Crippen molar-refractivity contribution in [2.24, 2.45) is 17.8 Å². The summed E-state index contributed by atoms with van der Waals surface area (Å²) in [4.78, 5) is 0. The van der Waals surface area contributed by atoms with E-state index >= 15 is 0 Å². The Labute approximate surface area is 157 Å². The molecule has 5 unspecified atom stereocenters. The van der Waals surface area contributed by atoms with Gasteiger partial charge in [0, 0.05) is 5.41 Å². The van der Waals surface area contributed by atoms with Crippen LogP contribution in [-0.2, 0) is 5.41 Å². The molecular weight excluding hydrogens is 312 g/mol. The molecule has 2 aromatic carbocycles. The molecule has 2 fully saturated rings. The van der Waals surface area contributed by atoms with Crippen molar-refractivity contribution in [3.05, 3.63) is 96.1 Å². The lowest BCUT2D eigenvalue weighted by atomic mass is 9.80. The molecule has 5 atom stereocenters. The second-order valence-electron chi connectivity index (χ2n) is 8.68. The summed E-state index contributed by atoms with van der Waals surface area (Å²) in [5.41, 5.74) is 3.48. The van der Waals surface area contributed by atoms with E-state index < -0.39 is 0 Å². The van der Waals surface area contributed by atoms with Crippen LogP contribution in [-0.4, -0.2) is 0 Å². The molecule has 4 bridgehead atoms. The second kappa shape index (κ2) is 6.58. The molecular formula is C26H28. The van der Waals surface area contributed by atoms with Crippen LogP contribution in [0.5, 0.6) is 0 Å². The molecule has 0 spiro atoms. The first-order valence-electron chi connectivity index (χ1n) is 10.3. The highest BCUT2D eigenvalue weighted by Gasteiger charge is 2.41. The molecule has 26 heavy (non-hydrogen) atoms. The van der Waals surface area contributed by atoms with E-state index in [1.807, 2.05) is 0 Å². The Kier molecular flexibility index (Phi) is 4.08. The summed E-state index contributed by atoms with van der Waals surface area (Å²) in [6, 6.07) is 21.9. The van der Waals surface area contributed by atoms with Gasteiger partial charge in [-0.2, -0.15) is 0 Å². The molecule has 0 heteroatoms. The van der Waals surface area contributed by atoms with E-state index in [9.17, 15) is 0 Å². The lowest BCUT2D eigenvalue weighted by Gasteiger charge is -2.23. The third-order valence-corrected chi connectivity index (χ3v) is 7.13. The van der Waals surface area contributed by atoms with Crippen molar-refractivity contribution in [1.82, 2.24) is 0 Å². The molecule has 0 saturated heterocycles. The summed E-state index contributed by atoms with van der Waals surface area (Å²) >= 11 is 0. The van der Waals surface area contributed by atoms with Gasteiger partial charge >= 0.3 is 0 Å². The molecule has 0 aromatic heterocycles. The summed E-state index contributed by atoms with van der Waals surface area (Å²) in [6.45, 7) is 0. The normalized spacial score (nSPS) is 35.5. The van der Waals surface area contributed by atoms with Gasteiger partial charge in [-0.1, -0.05) is 85.0 Å². The Bertz CT molecular complexity index is 800. The van der Waals surface area contributed by atoms with Crippen molar-refractivity contribution >= 4 is 0 Å². The first-order chi connectivity index (χ1) is 12.8. The first kappa shape index (κ1) is 16.1. The predicted octanol–water partition coefficient (Wildman–Crippen LogP) is 6.66. The van der Waals surface area contributed by atoms with Gasteiger partial charge < -0.3 is 0 Å². The molecule has 2 saturated carbocycles. The lowest BCUT2D eigenvalue weighted by Crippen LogP contribution is -2.16. The second-order valence-corrected chi connectivity index (χ2v) is 8.68. The number of hydrogen-bond donors (Lipinski definition) is 0. The van der Waals surface area contributed by atoms with Gasteiger partial charge in [-0.3, -0.25) is 0 Å². The van der Waals surface area contributed by atoms with E-state index in [1.54, 1.807) is 5.56 Å². The minimum Gasteiger partial charge on any atom is -0.0851 e. The molecule has 0 amide bonds. The molecule has 0 heterocycles. The molecule has 4 aliphatic carbocycles. The maximum absolute atomic E-state index is 2.44.